The summed E-state index contributed by atoms with van der Waals surface area (Å²) >= 11 is 0. The standard InChI is InChI=1S/C15H23FN2O4S/c1-17(2)11-5-7-18(8-6-11)23(19,20)15-10-14(22-4)13(21-3)9-12(15)16/h9-11H,5-8H2,1-4H3. The quantitative estimate of drug-likeness (QED) is 0.810. The number of nitrogens with zero attached hydrogens (tertiary/aromatic N) is 2. The molecule has 1 aromatic rings. The van der Waals surface area contributed by atoms with Gasteiger partial charge in [0.15, 0.2) is 11.5 Å². The third-order valence-electron chi connectivity index (χ3n) is 4.21. The summed E-state index contributed by atoms with van der Waals surface area (Å²) in [5, 5.41) is 0. The molecule has 0 aromatic heterocycles. The molecule has 0 amide bonds. The molecule has 0 aliphatic carbocycles. The normalized spacial score (nSPS) is 17.5. The molecule has 1 heterocycles. The minimum Gasteiger partial charge on any atom is -0.493 e. The number of methoxy groups -OCH3 is 2. The van der Waals surface area contributed by atoms with E-state index < -0.39 is 15.8 Å². The Morgan fingerprint density at radius 3 is 2.13 bits per heavy atom. The lowest BCUT2D eigenvalue weighted by atomic mass is 10.1. The zero-order chi connectivity index (χ0) is 17.2. The predicted molar refractivity (Wildman–Crippen MR) is 85.0 cm³/mol. The van der Waals surface area contributed by atoms with Gasteiger partial charge in [-0.25, -0.2) is 12.8 Å². The van der Waals surface area contributed by atoms with Crippen molar-refractivity contribution in [3.63, 3.8) is 0 Å². The maximum absolute atomic E-state index is 14.3. The molecule has 1 aliphatic heterocycles. The maximum atomic E-state index is 14.3. The van der Waals surface area contributed by atoms with Crippen molar-refractivity contribution in [1.29, 1.82) is 0 Å². The van der Waals surface area contributed by atoms with E-state index in [1.165, 1.54) is 24.6 Å². The van der Waals surface area contributed by atoms with E-state index in [4.69, 9.17) is 9.47 Å². The highest BCUT2D eigenvalue weighted by molar-refractivity contribution is 7.89. The van der Waals surface area contributed by atoms with Crippen LogP contribution in [0.15, 0.2) is 17.0 Å². The Kier molecular flexibility index (Phi) is 5.49. The van der Waals surface area contributed by atoms with Gasteiger partial charge in [-0.3, -0.25) is 0 Å². The van der Waals surface area contributed by atoms with Crippen molar-refractivity contribution in [3.05, 3.63) is 17.9 Å². The molecule has 1 aromatic carbocycles. The summed E-state index contributed by atoms with van der Waals surface area (Å²) in [4.78, 5) is 1.71. The molecule has 0 spiro atoms. The van der Waals surface area contributed by atoms with E-state index in [0.29, 0.717) is 19.1 Å². The van der Waals surface area contributed by atoms with Crippen LogP contribution in [0.4, 0.5) is 4.39 Å². The van der Waals surface area contributed by atoms with Gasteiger partial charge in [0, 0.05) is 31.3 Å². The highest BCUT2D eigenvalue weighted by atomic mass is 32.2. The average Bonchev–Trinajstić information content (AvgIpc) is 2.54. The van der Waals surface area contributed by atoms with Crippen molar-refractivity contribution in [2.45, 2.75) is 23.8 Å². The van der Waals surface area contributed by atoms with Crippen LogP contribution in [0.3, 0.4) is 0 Å². The van der Waals surface area contributed by atoms with Crippen LogP contribution >= 0.6 is 0 Å². The zero-order valence-electron chi connectivity index (χ0n) is 13.9. The Balaban J connectivity index is 2.30. The number of piperidine rings is 1. The molecule has 2 rings (SSSR count). The second-order valence-electron chi connectivity index (χ2n) is 5.74. The summed E-state index contributed by atoms with van der Waals surface area (Å²) in [6.07, 6.45) is 1.45. The lowest BCUT2D eigenvalue weighted by Gasteiger charge is -2.34. The van der Waals surface area contributed by atoms with Crippen LogP contribution in [0.25, 0.3) is 0 Å². The molecule has 0 saturated carbocycles. The first-order chi connectivity index (χ1) is 10.8. The fourth-order valence-corrected chi connectivity index (χ4v) is 4.30. The average molecular weight is 346 g/mol. The molecule has 0 atom stereocenters. The van der Waals surface area contributed by atoms with Crippen LogP contribution in [0.2, 0.25) is 0 Å². The van der Waals surface area contributed by atoms with Crippen molar-refractivity contribution >= 4 is 10.0 Å². The van der Waals surface area contributed by atoms with E-state index in [1.807, 2.05) is 14.1 Å². The number of rotatable bonds is 5. The first-order valence-corrected chi connectivity index (χ1v) is 8.83. The molecule has 0 N–H and O–H groups in total. The molecule has 6 nitrogen and oxygen atoms in total. The minimum atomic E-state index is -3.90. The van der Waals surface area contributed by atoms with Crippen LogP contribution in [0.5, 0.6) is 11.5 Å². The first kappa shape index (κ1) is 18.0. The topological polar surface area (TPSA) is 59.1 Å². The van der Waals surface area contributed by atoms with Crippen molar-refractivity contribution in [2.75, 3.05) is 41.4 Å². The Bertz CT molecular complexity index is 656. The zero-order valence-corrected chi connectivity index (χ0v) is 14.7. The second kappa shape index (κ2) is 7.02. The van der Waals surface area contributed by atoms with Crippen LogP contribution < -0.4 is 9.47 Å². The number of halogens is 1. The van der Waals surface area contributed by atoms with Crippen molar-refractivity contribution < 1.29 is 22.3 Å². The van der Waals surface area contributed by atoms with E-state index in [9.17, 15) is 12.8 Å². The van der Waals surface area contributed by atoms with Crippen LogP contribution in [0, 0.1) is 5.82 Å². The lowest BCUT2D eigenvalue weighted by molar-refractivity contribution is 0.196. The fourth-order valence-electron chi connectivity index (χ4n) is 2.77. The molecular formula is C15H23FN2O4S. The van der Waals surface area contributed by atoms with Gasteiger partial charge in [0.25, 0.3) is 0 Å². The fraction of sp³-hybridized carbons (Fsp3) is 0.600. The van der Waals surface area contributed by atoms with E-state index in [-0.39, 0.29) is 16.4 Å². The van der Waals surface area contributed by atoms with Crippen molar-refractivity contribution in [2.24, 2.45) is 0 Å². The van der Waals surface area contributed by atoms with Gasteiger partial charge in [0.2, 0.25) is 10.0 Å². The molecule has 1 fully saturated rings. The monoisotopic (exact) mass is 346 g/mol. The van der Waals surface area contributed by atoms with Gasteiger partial charge in [-0.15, -0.1) is 0 Å². The van der Waals surface area contributed by atoms with Gasteiger partial charge in [-0.2, -0.15) is 4.31 Å². The summed E-state index contributed by atoms with van der Waals surface area (Å²) in [6.45, 7) is 0.748. The molecule has 1 aliphatic rings. The molecule has 130 valence electrons. The van der Waals surface area contributed by atoms with Crippen LogP contribution in [0.1, 0.15) is 12.8 Å². The summed E-state index contributed by atoms with van der Waals surface area (Å²) in [5.74, 6) is -0.483. The maximum Gasteiger partial charge on any atom is 0.246 e. The molecule has 1 saturated heterocycles. The van der Waals surface area contributed by atoms with Gasteiger partial charge >= 0.3 is 0 Å². The Hall–Kier alpha value is -1.38. The number of hydrogen-bond acceptors (Lipinski definition) is 5. The number of benzene rings is 1. The van der Waals surface area contributed by atoms with Gasteiger partial charge < -0.3 is 14.4 Å². The molecule has 0 bridgehead atoms. The van der Waals surface area contributed by atoms with E-state index in [2.05, 4.69) is 4.90 Å². The van der Waals surface area contributed by atoms with E-state index in [1.54, 1.807) is 0 Å². The first-order valence-electron chi connectivity index (χ1n) is 7.39. The molecular weight excluding hydrogens is 323 g/mol. The van der Waals surface area contributed by atoms with Crippen LogP contribution in [-0.2, 0) is 10.0 Å². The summed E-state index contributed by atoms with van der Waals surface area (Å²) in [7, 11) is 2.81. The number of ether oxygens (including phenoxy) is 2. The number of hydrogen-bond donors (Lipinski definition) is 0. The summed E-state index contributed by atoms with van der Waals surface area (Å²) in [6, 6.07) is 2.57. The highest BCUT2D eigenvalue weighted by Gasteiger charge is 2.32. The number of sulfonamides is 1. The molecule has 23 heavy (non-hydrogen) atoms. The van der Waals surface area contributed by atoms with E-state index in [0.717, 1.165) is 18.9 Å². The predicted octanol–water partition coefficient (Wildman–Crippen LogP) is 1.56. The molecule has 0 radical (unpaired) electrons. The minimum absolute atomic E-state index is 0.162. The third kappa shape index (κ3) is 3.59. The van der Waals surface area contributed by atoms with Crippen molar-refractivity contribution in [1.82, 2.24) is 9.21 Å². The van der Waals surface area contributed by atoms with E-state index >= 15 is 0 Å². The van der Waals surface area contributed by atoms with Gasteiger partial charge in [-0.05, 0) is 26.9 Å². The van der Waals surface area contributed by atoms with Gasteiger partial charge in [0.05, 0.1) is 14.2 Å². The largest absolute Gasteiger partial charge is 0.493 e. The smallest absolute Gasteiger partial charge is 0.246 e. The summed E-state index contributed by atoms with van der Waals surface area (Å²) < 4.78 is 51.1. The highest BCUT2D eigenvalue weighted by Crippen LogP contribution is 2.33. The van der Waals surface area contributed by atoms with Crippen molar-refractivity contribution in [3.8, 4) is 11.5 Å². The Labute approximate surface area is 136 Å². The third-order valence-corrected chi connectivity index (χ3v) is 6.12. The van der Waals surface area contributed by atoms with Gasteiger partial charge in [-0.1, -0.05) is 0 Å². The summed E-state index contributed by atoms with van der Waals surface area (Å²) in [5.41, 5.74) is 0. The molecule has 8 heteroatoms. The lowest BCUT2D eigenvalue weighted by Crippen LogP contribution is -2.44. The second-order valence-corrected chi connectivity index (χ2v) is 7.64. The van der Waals surface area contributed by atoms with Crippen LogP contribution in [-0.4, -0.2) is 65.1 Å². The van der Waals surface area contributed by atoms with Gasteiger partial charge in [0.1, 0.15) is 10.7 Å². The Morgan fingerprint density at radius 1 is 1.13 bits per heavy atom. The Morgan fingerprint density at radius 2 is 1.65 bits per heavy atom. The molecule has 0 unspecified atom stereocenters. The SMILES string of the molecule is COc1cc(F)c(S(=O)(=O)N2CCC(N(C)C)CC2)cc1OC.